The molecular formula is C11H14N2O4. The van der Waals surface area contributed by atoms with Crippen LogP contribution in [-0.2, 0) is 16.1 Å². The van der Waals surface area contributed by atoms with Crippen LogP contribution < -0.4 is 11.2 Å². The zero-order valence-corrected chi connectivity index (χ0v) is 9.73. The van der Waals surface area contributed by atoms with E-state index in [4.69, 9.17) is 4.74 Å². The van der Waals surface area contributed by atoms with Crippen molar-refractivity contribution in [3.05, 3.63) is 45.3 Å². The lowest BCUT2D eigenvalue weighted by molar-refractivity contribution is -0.143. The normalized spacial score (nSPS) is 11.9. The molecule has 1 rings (SSSR count). The summed E-state index contributed by atoms with van der Waals surface area (Å²) in [6.45, 7) is 6.82. The molecule has 1 aromatic rings. The lowest BCUT2D eigenvalue weighted by Crippen LogP contribution is -2.32. The van der Waals surface area contributed by atoms with Crippen LogP contribution in [0.3, 0.4) is 0 Å². The van der Waals surface area contributed by atoms with E-state index in [0.717, 1.165) is 0 Å². The number of nitrogens with zero attached hydrogens (tertiary/aromatic N) is 1. The molecule has 1 unspecified atom stereocenters. The fourth-order valence-corrected chi connectivity index (χ4v) is 1.19. The lowest BCUT2D eigenvalue weighted by atomic mass is 10.3. The monoisotopic (exact) mass is 238 g/mol. The molecule has 92 valence electrons. The van der Waals surface area contributed by atoms with Gasteiger partial charge in [0.25, 0.3) is 5.56 Å². The number of carbonyl (C=O) groups is 1. The van der Waals surface area contributed by atoms with Crippen molar-refractivity contribution in [3.63, 3.8) is 0 Å². The van der Waals surface area contributed by atoms with E-state index < -0.39 is 23.3 Å². The van der Waals surface area contributed by atoms with Gasteiger partial charge in [-0.25, -0.2) is 9.59 Å². The summed E-state index contributed by atoms with van der Waals surface area (Å²) < 4.78 is 6.27. The third-order valence-electron chi connectivity index (χ3n) is 2.01. The predicted molar refractivity (Wildman–Crippen MR) is 61.7 cm³/mol. The highest BCUT2D eigenvalue weighted by Gasteiger charge is 2.11. The molecule has 6 heteroatoms. The maximum absolute atomic E-state index is 11.3. The number of aromatic amines is 1. The van der Waals surface area contributed by atoms with E-state index in [1.54, 1.807) is 13.8 Å². The molecule has 1 atom stereocenters. The maximum Gasteiger partial charge on any atom is 0.333 e. The van der Waals surface area contributed by atoms with Crippen molar-refractivity contribution < 1.29 is 9.53 Å². The van der Waals surface area contributed by atoms with Crippen LogP contribution >= 0.6 is 0 Å². The molecule has 1 aromatic heterocycles. The Bertz CT molecular complexity index is 541. The first-order valence-electron chi connectivity index (χ1n) is 5.06. The zero-order valence-electron chi connectivity index (χ0n) is 9.73. The minimum Gasteiger partial charge on any atom is -0.457 e. The van der Waals surface area contributed by atoms with Crippen LogP contribution in [0.25, 0.3) is 0 Å². The second-order valence-electron chi connectivity index (χ2n) is 3.76. The number of hydrogen-bond donors (Lipinski definition) is 1. The van der Waals surface area contributed by atoms with E-state index in [2.05, 4.69) is 11.6 Å². The van der Waals surface area contributed by atoms with Crippen molar-refractivity contribution in [3.8, 4) is 0 Å². The van der Waals surface area contributed by atoms with Crippen LogP contribution in [0.15, 0.2) is 34.0 Å². The fourth-order valence-electron chi connectivity index (χ4n) is 1.19. The number of esters is 1. The van der Waals surface area contributed by atoms with E-state index in [1.165, 1.54) is 16.8 Å². The van der Waals surface area contributed by atoms with E-state index in [9.17, 15) is 14.4 Å². The summed E-state index contributed by atoms with van der Waals surface area (Å²) in [4.78, 5) is 35.5. The minimum atomic E-state index is -0.532. The molecule has 0 aliphatic heterocycles. The second kappa shape index (κ2) is 5.29. The van der Waals surface area contributed by atoms with Gasteiger partial charge < -0.3 is 4.74 Å². The number of nitrogens with one attached hydrogen (secondary N) is 1. The summed E-state index contributed by atoms with van der Waals surface area (Å²) in [5.41, 5.74) is -0.695. The summed E-state index contributed by atoms with van der Waals surface area (Å²) in [5, 5.41) is 0. The minimum absolute atomic E-state index is 0.175. The van der Waals surface area contributed by atoms with Crippen molar-refractivity contribution >= 4 is 5.97 Å². The van der Waals surface area contributed by atoms with Gasteiger partial charge in [-0.05, 0) is 13.8 Å². The number of aromatic nitrogens is 2. The zero-order chi connectivity index (χ0) is 13.0. The van der Waals surface area contributed by atoms with E-state index in [-0.39, 0.29) is 6.54 Å². The Kier molecular flexibility index (Phi) is 4.03. The molecule has 0 radical (unpaired) electrons. The fraction of sp³-hybridized carbons (Fsp3) is 0.364. The van der Waals surface area contributed by atoms with Crippen molar-refractivity contribution in [2.45, 2.75) is 26.5 Å². The molecule has 1 N–H and O–H groups in total. The van der Waals surface area contributed by atoms with Gasteiger partial charge in [0.2, 0.25) is 0 Å². The highest BCUT2D eigenvalue weighted by Crippen LogP contribution is 1.99. The summed E-state index contributed by atoms with van der Waals surface area (Å²) in [7, 11) is 0. The first-order valence-corrected chi connectivity index (χ1v) is 5.06. The summed E-state index contributed by atoms with van der Waals surface area (Å²) >= 11 is 0. The largest absolute Gasteiger partial charge is 0.457 e. The molecule has 0 fully saturated rings. The van der Waals surface area contributed by atoms with Crippen molar-refractivity contribution in [1.29, 1.82) is 0 Å². The SMILES string of the molecule is C=C(C)C(=O)OC(C)Cn1ccc(=O)[nH]c1=O. The molecule has 0 aliphatic rings. The Morgan fingerprint density at radius 2 is 2.24 bits per heavy atom. The second-order valence-corrected chi connectivity index (χ2v) is 3.76. The quantitative estimate of drug-likeness (QED) is 0.593. The van der Waals surface area contributed by atoms with E-state index in [1.807, 2.05) is 0 Å². The Labute approximate surface area is 97.5 Å². The van der Waals surface area contributed by atoms with Gasteiger partial charge in [-0.15, -0.1) is 0 Å². The van der Waals surface area contributed by atoms with E-state index >= 15 is 0 Å². The highest BCUT2D eigenvalue weighted by atomic mass is 16.5. The van der Waals surface area contributed by atoms with Gasteiger partial charge in [-0.1, -0.05) is 6.58 Å². The van der Waals surface area contributed by atoms with Crippen LogP contribution in [0.1, 0.15) is 13.8 Å². The molecule has 0 aromatic carbocycles. The molecule has 1 heterocycles. The average molecular weight is 238 g/mol. The molecular weight excluding hydrogens is 224 g/mol. The number of ether oxygens (including phenoxy) is 1. The number of H-pyrrole nitrogens is 1. The molecule has 0 aliphatic carbocycles. The van der Waals surface area contributed by atoms with Gasteiger partial charge in [0.05, 0.1) is 6.54 Å². The number of carbonyl (C=O) groups excluding carboxylic acids is 1. The van der Waals surface area contributed by atoms with Crippen molar-refractivity contribution in [1.82, 2.24) is 9.55 Å². The topological polar surface area (TPSA) is 81.2 Å². The van der Waals surface area contributed by atoms with Crippen LogP contribution in [0.2, 0.25) is 0 Å². The molecule has 6 nitrogen and oxygen atoms in total. The smallest absolute Gasteiger partial charge is 0.333 e. The maximum atomic E-state index is 11.3. The third kappa shape index (κ3) is 3.75. The summed E-state index contributed by atoms with van der Waals surface area (Å²) in [6, 6.07) is 1.23. The number of hydrogen-bond acceptors (Lipinski definition) is 4. The van der Waals surface area contributed by atoms with Gasteiger partial charge in [-0.3, -0.25) is 14.3 Å². The Balaban J connectivity index is 2.72. The molecule has 0 saturated carbocycles. The van der Waals surface area contributed by atoms with Crippen LogP contribution in [0.5, 0.6) is 0 Å². The number of rotatable bonds is 4. The Morgan fingerprint density at radius 3 is 2.76 bits per heavy atom. The molecule has 0 saturated heterocycles. The van der Waals surface area contributed by atoms with Crippen molar-refractivity contribution in [2.24, 2.45) is 0 Å². The summed E-state index contributed by atoms with van der Waals surface area (Å²) in [6.07, 6.45) is 0.870. The average Bonchev–Trinajstić information content (AvgIpc) is 2.22. The summed E-state index contributed by atoms with van der Waals surface area (Å²) in [5.74, 6) is -0.505. The first-order chi connectivity index (χ1) is 7.90. The standard InChI is InChI=1S/C11H14N2O4/c1-7(2)10(15)17-8(3)6-13-5-4-9(14)12-11(13)16/h4-5,8H,1,6H2,2-3H3,(H,12,14,16). The van der Waals surface area contributed by atoms with Crippen LogP contribution in [0, 0.1) is 0 Å². The van der Waals surface area contributed by atoms with Gasteiger partial charge in [0.1, 0.15) is 6.10 Å². The van der Waals surface area contributed by atoms with Crippen molar-refractivity contribution in [2.75, 3.05) is 0 Å². The first kappa shape index (κ1) is 13.0. The molecule has 0 bridgehead atoms. The highest BCUT2D eigenvalue weighted by molar-refractivity contribution is 5.87. The molecule has 17 heavy (non-hydrogen) atoms. The van der Waals surface area contributed by atoms with E-state index in [0.29, 0.717) is 5.57 Å². The van der Waals surface area contributed by atoms with Gasteiger partial charge in [0, 0.05) is 17.8 Å². The predicted octanol–water partition coefficient (Wildman–Crippen LogP) is 0.0444. The third-order valence-corrected chi connectivity index (χ3v) is 2.01. The van der Waals surface area contributed by atoms with Gasteiger partial charge in [-0.2, -0.15) is 0 Å². The van der Waals surface area contributed by atoms with Crippen LogP contribution in [0.4, 0.5) is 0 Å². The molecule has 0 amide bonds. The van der Waals surface area contributed by atoms with Crippen LogP contribution in [-0.4, -0.2) is 21.6 Å². The Morgan fingerprint density at radius 1 is 1.59 bits per heavy atom. The van der Waals surface area contributed by atoms with Gasteiger partial charge >= 0.3 is 11.7 Å². The van der Waals surface area contributed by atoms with Gasteiger partial charge in [0.15, 0.2) is 0 Å². The molecule has 0 spiro atoms. The lowest BCUT2D eigenvalue weighted by Gasteiger charge is -2.14. The Hall–Kier alpha value is -2.11.